The van der Waals surface area contributed by atoms with E-state index in [1.54, 1.807) is 12.4 Å². The Morgan fingerprint density at radius 1 is 0.880 bits per heavy atom. The first kappa shape index (κ1) is 15.1. The van der Waals surface area contributed by atoms with Gasteiger partial charge in [0.2, 0.25) is 0 Å². The average molecular weight is 329 g/mol. The highest BCUT2D eigenvalue weighted by molar-refractivity contribution is 5.85. The summed E-state index contributed by atoms with van der Waals surface area (Å²) in [5.74, 6) is 0.996. The van der Waals surface area contributed by atoms with Crippen LogP contribution in [0.4, 0.5) is 5.82 Å². The summed E-state index contributed by atoms with van der Waals surface area (Å²) < 4.78 is 0. The van der Waals surface area contributed by atoms with Gasteiger partial charge in [-0.25, -0.2) is 4.98 Å². The van der Waals surface area contributed by atoms with Gasteiger partial charge in [-0.2, -0.15) is 0 Å². The Morgan fingerprint density at radius 2 is 1.76 bits per heavy atom. The number of nitrogens with zero attached hydrogens (tertiary/aromatic N) is 2. The number of pyridine rings is 3. The first-order valence-corrected chi connectivity index (χ1v) is 8.04. The summed E-state index contributed by atoms with van der Waals surface area (Å²) >= 11 is 0. The van der Waals surface area contributed by atoms with E-state index >= 15 is 0 Å². The van der Waals surface area contributed by atoms with Gasteiger partial charge >= 0.3 is 0 Å². The Bertz CT molecular complexity index is 990. The second-order valence-electron chi connectivity index (χ2n) is 5.69. The normalized spacial score (nSPS) is 12.0. The van der Waals surface area contributed by atoms with E-state index < -0.39 is 0 Å². The molecule has 25 heavy (non-hydrogen) atoms. The van der Waals surface area contributed by atoms with Crippen molar-refractivity contribution in [3.05, 3.63) is 90.5 Å². The van der Waals surface area contributed by atoms with Crippen LogP contribution in [0.2, 0.25) is 0 Å². The van der Waals surface area contributed by atoms with Crippen LogP contribution in [0.3, 0.4) is 0 Å². The van der Waals surface area contributed by atoms with Gasteiger partial charge in [0.05, 0.1) is 11.9 Å². The van der Waals surface area contributed by atoms with Gasteiger partial charge in [-0.3, -0.25) is 15.3 Å². The molecule has 0 saturated carbocycles. The maximum absolute atomic E-state index is 10.8. The smallest absolute Gasteiger partial charge is 0.272 e. The van der Waals surface area contributed by atoms with Gasteiger partial charge in [0.15, 0.2) is 6.04 Å². The first-order chi connectivity index (χ1) is 12.3. The molecule has 0 aliphatic carbocycles. The number of H-pyrrole nitrogens is 1. The number of aromatic nitrogens is 3. The molecule has 4 rings (SSSR count). The van der Waals surface area contributed by atoms with Crippen LogP contribution in [0.1, 0.15) is 17.3 Å². The lowest BCUT2D eigenvalue weighted by Gasteiger charge is -2.16. The minimum absolute atomic E-state index is 0.164. The van der Waals surface area contributed by atoms with Crippen molar-refractivity contribution < 1.29 is 10.1 Å². The first-order valence-electron chi connectivity index (χ1n) is 8.04. The quantitative estimate of drug-likeness (QED) is 0.602. The zero-order chi connectivity index (χ0) is 17.1. The number of hydrogen-bond acceptors (Lipinski definition) is 4. The summed E-state index contributed by atoms with van der Waals surface area (Å²) in [6.45, 7) is 0. The fourth-order valence-corrected chi connectivity index (χ4v) is 2.87. The molecular formula is C20H17N4O+. The summed E-state index contributed by atoms with van der Waals surface area (Å²) in [5, 5.41) is 15.1. The molecule has 0 unspecified atom stereocenters. The maximum Gasteiger partial charge on any atom is 0.272 e. The summed E-state index contributed by atoms with van der Waals surface area (Å²) in [5.41, 5.74) is 2.12. The molecule has 122 valence electrons. The second-order valence-corrected chi connectivity index (χ2v) is 5.69. The topological polar surface area (TPSA) is 72.2 Å². The number of benzene rings is 1. The lowest BCUT2D eigenvalue weighted by molar-refractivity contribution is -0.361. The van der Waals surface area contributed by atoms with Gasteiger partial charge < -0.3 is 5.11 Å². The molecular weight excluding hydrogens is 312 g/mol. The third-order valence-corrected chi connectivity index (χ3v) is 4.08. The third-order valence-electron chi connectivity index (χ3n) is 4.08. The largest absolute Gasteiger partial charge is 0.505 e. The molecule has 0 amide bonds. The molecule has 5 nitrogen and oxygen atoms in total. The minimum Gasteiger partial charge on any atom is -0.505 e. The van der Waals surface area contributed by atoms with Crippen LogP contribution in [0, 0.1) is 0 Å². The third kappa shape index (κ3) is 2.99. The molecule has 0 aliphatic rings. The molecule has 1 aromatic carbocycles. The Balaban J connectivity index is 1.85. The zero-order valence-electron chi connectivity index (χ0n) is 13.4. The number of hydrogen-bond donors (Lipinski definition) is 2. The Kier molecular flexibility index (Phi) is 3.96. The van der Waals surface area contributed by atoms with Gasteiger partial charge in [-0.15, -0.1) is 0 Å². The highest BCUT2D eigenvalue weighted by Gasteiger charge is 2.25. The van der Waals surface area contributed by atoms with E-state index in [9.17, 15) is 5.11 Å². The van der Waals surface area contributed by atoms with Crippen molar-refractivity contribution in [1.82, 2.24) is 9.97 Å². The van der Waals surface area contributed by atoms with E-state index in [4.69, 9.17) is 0 Å². The summed E-state index contributed by atoms with van der Waals surface area (Å²) in [6, 6.07) is 18.9. The molecule has 0 saturated heterocycles. The van der Waals surface area contributed by atoms with Crippen molar-refractivity contribution >= 4 is 16.7 Å². The Hall–Kier alpha value is -3.47. The standard InChI is InChI=1S/C20H16N4O/c25-20-15(10-9-14-6-5-13-23-18(14)20)19(16-7-1-3-11-21-16)24-17-8-2-4-12-22-17/h1-13,19,25H,(H,22,24)/p+1/t19-/m1/s1. The lowest BCUT2D eigenvalue weighted by atomic mass is 9.99. The number of aromatic hydroxyl groups is 1. The van der Waals surface area contributed by atoms with Crippen molar-refractivity contribution in [3.63, 3.8) is 0 Å². The van der Waals surface area contributed by atoms with E-state index in [1.807, 2.05) is 66.9 Å². The fraction of sp³-hybridized carbons (Fsp3) is 0.0500. The summed E-state index contributed by atoms with van der Waals surface area (Å²) in [6.07, 6.45) is 5.27. The highest BCUT2D eigenvalue weighted by Crippen LogP contribution is 2.35. The molecule has 3 heterocycles. The molecule has 5 heteroatoms. The number of aromatic amines is 1. The van der Waals surface area contributed by atoms with Crippen LogP contribution in [0.25, 0.3) is 10.9 Å². The Labute approximate surface area is 145 Å². The van der Waals surface area contributed by atoms with Crippen LogP contribution in [0.15, 0.2) is 79.3 Å². The van der Waals surface area contributed by atoms with Crippen LogP contribution in [0.5, 0.6) is 5.75 Å². The van der Waals surface area contributed by atoms with Gasteiger partial charge in [0.25, 0.3) is 5.82 Å². The molecule has 0 spiro atoms. The average Bonchev–Trinajstić information content (AvgIpc) is 2.69. The zero-order valence-corrected chi connectivity index (χ0v) is 13.4. The van der Waals surface area contributed by atoms with E-state index in [1.165, 1.54) is 0 Å². The van der Waals surface area contributed by atoms with Gasteiger partial charge in [-0.1, -0.05) is 24.3 Å². The molecule has 0 bridgehead atoms. The predicted molar refractivity (Wildman–Crippen MR) is 96.1 cm³/mol. The van der Waals surface area contributed by atoms with E-state index in [2.05, 4.69) is 20.3 Å². The van der Waals surface area contributed by atoms with Gasteiger partial charge in [-0.05, 0) is 30.3 Å². The van der Waals surface area contributed by atoms with Crippen molar-refractivity contribution in [3.8, 4) is 5.75 Å². The van der Waals surface area contributed by atoms with Crippen molar-refractivity contribution in [2.45, 2.75) is 6.04 Å². The van der Waals surface area contributed by atoms with Gasteiger partial charge in [0, 0.05) is 29.4 Å². The van der Waals surface area contributed by atoms with E-state index in [0.717, 1.165) is 22.5 Å². The molecule has 4 aromatic rings. The summed E-state index contributed by atoms with van der Waals surface area (Å²) in [4.78, 5) is 11.9. The summed E-state index contributed by atoms with van der Waals surface area (Å²) in [7, 11) is 0. The number of phenolic OH excluding ortho intramolecular Hbond substituents is 1. The molecule has 0 aliphatic heterocycles. The van der Waals surface area contributed by atoms with E-state index in [-0.39, 0.29) is 11.8 Å². The lowest BCUT2D eigenvalue weighted by Crippen LogP contribution is -2.19. The predicted octanol–water partition coefficient (Wildman–Crippen LogP) is 3.35. The fourth-order valence-electron chi connectivity index (χ4n) is 2.87. The van der Waals surface area contributed by atoms with Crippen molar-refractivity contribution in [1.29, 1.82) is 0 Å². The SMILES string of the molecule is Oc1c([C@@H](Nc2cccc[nH+]2)c2ccccn2)ccc2cccnc12. The Morgan fingerprint density at radius 3 is 2.56 bits per heavy atom. The van der Waals surface area contributed by atoms with Crippen molar-refractivity contribution in [2.24, 2.45) is 0 Å². The maximum atomic E-state index is 10.8. The van der Waals surface area contributed by atoms with Gasteiger partial charge in [0.1, 0.15) is 11.3 Å². The molecule has 1 atom stereocenters. The molecule has 3 aromatic heterocycles. The number of phenols is 1. The molecule has 3 N–H and O–H groups in total. The number of anilines is 1. The van der Waals surface area contributed by atoms with Crippen LogP contribution < -0.4 is 10.3 Å². The highest BCUT2D eigenvalue weighted by atomic mass is 16.3. The second kappa shape index (κ2) is 6.57. The molecule has 0 radical (unpaired) electrons. The number of nitrogens with one attached hydrogen (secondary N) is 2. The number of rotatable bonds is 4. The van der Waals surface area contributed by atoms with Crippen LogP contribution >= 0.6 is 0 Å². The number of fused-ring (bicyclic) bond motifs is 1. The molecule has 0 fully saturated rings. The van der Waals surface area contributed by atoms with Crippen LogP contribution in [-0.4, -0.2) is 15.1 Å². The monoisotopic (exact) mass is 329 g/mol. The minimum atomic E-state index is -0.314. The van der Waals surface area contributed by atoms with Crippen molar-refractivity contribution in [2.75, 3.05) is 5.32 Å². The van der Waals surface area contributed by atoms with Crippen LogP contribution in [-0.2, 0) is 0 Å². The van der Waals surface area contributed by atoms with E-state index in [0.29, 0.717) is 5.52 Å².